The first kappa shape index (κ1) is 14.8. The molecule has 0 aromatic heterocycles. The second kappa shape index (κ2) is 5.69. The average molecular weight is 320 g/mol. The third-order valence-electron chi connectivity index (χ3n) is 5.36. The van der Waals surface area contributed by atoms with Crippen molar-refractivity contribution in [2.45, 2.75) is 39.0 Å². The van der Waals surface area contributed by atoms with Gasteiger partial charge in [0.15, 0.2) is 0 Å². The molecular weight excluding hydrogens is 300 g/mol. The minimum Gasteiger partial charge on any atom is -0.0840 e. The molecule has 0 nitrogen and oxygen atoms in total. The van der Waals surface area contributed by atoms with Gasteiger partial charge in [-0.2, -0.15) is 0 Å². The zero-order chi connectivity index (χ0) is 16.0. The van der Waals surface area contributed by atoms with E-state index in [1.807, 2.05) is 13.0 Å². The van der Waals surface area contributed by atoms with Crippen LogP contribution in [-0.2, 0) is 12.8 Å². The molecular formula is C22H20Cl. The zero-order valence-corrected chi connectivity index (χ0v) is 14.4. The molecule has 0 spiro atoms. The Hall–Kier alpha value is -1.79. The van der Waals surface area contributed by atoms with Crippen LogP contribution in [0.25, 0.3) is 17.2 Å². The van der Waals surface area contributed by atoms with Crippen LogP contribution in [0, 0.1) is 6.08 Å². The lowest BCUT2D eigenvalue weighted by atomic mass is 9.74. The molecule has 0 saturated heterocycles. The Morgan fingerprint density at radius 3 is 2.70 bits per heavy atom. The van der Waals surface area contributed by atoms with Crippen molar-refractivity contribution < 1.29 is 0 Å². The number of allylic oxidation sites excluding steroid dienone is 3. The molecule has 2 aromatic rings. The smallest absolute Gasteiger partial charge is 0.0444 e. The molecule has 2 aliphatic rings. The van der Waals surface area contributed by atoms with Crippen LogP contribution in [0.4, 0.5) is 0 Å². The Morgan fingerprint density at radius 2 is 1.87 bits per heavy atom. The summed E-state index contributed by atoms with van der Waals surface area (Å²) < 4.78 is 0. The second-order valence-electron chi connectivity index (χ2n) is 6.48. The molecule has 0 aliphatic heterocycles. The summed E-state index contributed by atoms with van der Waals surface area (Å²) in [4.78, 5) is 0. The first-order valence-corrected chi connectivity index (χ1v) is 8.69. The van der Waals surface area contributed by atoms with Gasteiger partial charge in [0.1, 0.15) is 0 Å². The van der Waals surface area contributed by atoms with E-state index < -0.39 is 0 Å². The monoisotopic (exact) mass is 319 g/mol. The van der Waals surface area contributed by atoms with E-state index in [-0.39, 0.29) is 0 Å². The summed E-state index contributed by atoms with van der Waals surface area (Å²) in [7, 11) is 0. The maximum absolute atomic E-state index is 6.43. The second-order valence-corrected chi connectivity index (χ2v) is 6.89. The van der Waals surface area contributed by atoms with Crippen molar-refractivity contribution >= 4 is 17.7 Å². The van der Waals surface area contributed by atoms with Crippen LogP contribution < -0.4 is 0 Å². The van der Waals surface area contributed by atoms with Crippen molar-refractivity contribution in [1.82, 2.24) is 0 Å². The number of hydrogen-bond donors (Lipinski definition) is 0. The quantitative estimate of drug-likeness (QED) is 0.572. The highest BCUT2D eigenvalue weighted by molar-refractivity contribution is 6.31. The Labute approximate surface area is 143 Å². The summed E-state index contributed by atoms with van der Waals surface area (Å²) in [5.41, 5.74) is 9.75. The number of fused-ring (bicyclic) bond motifs is 5. The van der Waals surface area contributed by atoms with Crippen LogP contribution in [0.1, 0.15) is 48.4 Å². The highest BCUT2D eigenvalue weighted by atomic mass is 35.5. The Bertz CT molecular complexity index is 839. The summed E-state index contributed by atoms with van der Waals surface area (Å²) in [6.07, 6.45) is 11.1. The number of rotatable bonds is 1. The normalized spacial score (nSPS) is 19.1. The van der Waals surface area contributed by atoms with Gasteiger partial charge in [-0.25, -0.2) is 0 Å². The van der Waals surface area contributed by atoms with E-state index >= 15 is 0 Å². The molecule has 1 atom stereocenters. The third kappa shape index (κ3) is 2.28. The van der Waals surface area contributed by atoms with Gasteiger partial charge >= 0.3 is 0 Å². The van der Waals surface area contributed by atoms with E-state index in [2.05, 4.69) is 49.4 Å². The maximum Gasteiger partial charge on any atom is 0.0444 e. The fourth-order valence-electron chi connectivity index (χ4n) is 4.09. The van der Waals surface area contributed by atoms with E-state index in [0.29, 0.717) is 5.92 Å². The van der Waals surface area contributed by atoms with Crippen molar-refractivity contribution in [3.8, 4) is 11.1 Å². The summed E-state index contributed by atoms with van der Waals surface area (Å²) in [5.74, 6) is 0.468. The molecule has 4 rings (SSSR count). The van der Waals surface area contributed by atoms with E-state index in [0.717, 1.165) is 24.3 Å². The number of halogens is 1. The molecule has 0 saturated carbocycles. The minimum atomic E-state index is 0.468. The van der Waals surface area contributed by atoms with Gasteiger partial charge in [-0.1, -0.05) is 53.6 Å². The lowest BCUT2D eigenvalue weighted by Gasteiger charge is -2.30. The first-order chi connectivity index (χ1) is 11.2. The minimum absolute atomic E-state index is 0.468. The molecule has 0 amide bonds. The van der Waals surface area contributed by atoms with E-state index in [1.165, 1.54) is 39.0 Å². The van der Waals surface area contributed by atoms with Crippen LogP contribution in [0.5, 0.6) is 0 Å². The van der Waals surface area contributed by atoms with Crippen LogP contribution in [0.2, 0.25) is 5.02 Å². The Kier molecular flexibility index (Phi) is 3.66. The Morgan fingerprint density at radius 1 is 1.09 bits per heavy atom. The van der Waals surface area contributed by atoms with Crippen molar-refractivity contribution in [2.24, 2.45) is 0 Å². The molecule has 1 heteroatoms. The highest BCUT2D eigenvalue weighted by Crippen LogP contribution is 2.45. The molecule has 0 fully saturated rings. The maximum atomic E-state index is 6.43. The van der Waals surface area contributed by atoms with Gasteiger partial charge in [0.2, 0.25) is 0 Å². The first-order valence-electron chi connectivity index (χ1n) is 8.32. The average Bonchev–Trinajstić information content (AvgIpc) is 2.60. The van der Waals surface area contributed by atoms with E-state index in [4.69, 9.17) is 11.6 Å². The molecule has 0 bridgehead atoms. The van der Waals surface area contributed by atoms with Crippen LogP contribution in [0.3, 0.4) is 0 Å². The van der Waals surface area contributed by atoms with Gasteiger partial charge in [-0.05, 0) is 78.6 Å². The molecule has 23 heavy (non-hydrogen) atoms. The van der Waals surface area contributed by atoms with Gasteiger partial charge in [0.25, 0.3) is 0 Å². The summed E-state index contributed by atoms with van der Waals surface area (Å²) >= 11 is 6.43. The standard InChI is InChI=1S/C22H20Cl/c1-3-14(2)16-7-4-6-15-10-11-18-17-8-5-9-21(23)19(17)12-13-20(18)22(15)16/h4-6,8-11,16H,7,12-13H2,1-2H3. The van der Waals surface area contributed by atoms with Gasteiger partial charge in [-0.3, -0.25) is 0 Å². The van der Waals surface area contributed by atoms with Crippen LogP contribution in [0.15, 0.2) is 42.0 Å². The molecule has 2 aliphatic carbocycles. The predicted molar refractivity (Wildman–Crippen MR) is 98.8 cm³/mol. The largest absolute Gasteiger partial charge is 0.0840 e. The molecule has 1 radical (unpaired) electrons. The molecule has 115 valence electrons. The van der Waals surface area contributed by atoms with E-state index in [9.17, 15) is 0 Å². The summed E-state index contributed by atoms with van der Waals surface area (Å²) in [5, 5.41) is 0.903. The number of benzene rings is 2. The fourth-order valence-corrected chi connectivity index (χ4v) is 4.36. The van der Waals surface area contributed by atoms with Crippen molar-refractivity contribution in [3.05, 3.63) is 75.3 Å². The summed E-state index contributed by atoms with van der Waals surface area (Å²) in [6, 6.07) is 10.8. The highest BCUT2D eigenvalue weighted by Gasteiger charge is 2.27. The molecule has 0 N–H and O–H groups in total. The zero-order valence-electron chi connectivity index (χ0n) is 13.6. The number of hydrogen-bond acceptors (Lipinski definition) is 0. The SMILES string of the molecule is C[C]=C(C)C1CC=Cc2ccc3c(c21)CCc1c(Cl)cccc1-3. The van der Waals surface area contributed by atoms with Crippen LogP contribution >= 0.6 is 11.6 Å². The molecule has 1 unspecified atom stereocenters. The van der Waals surface area contributed by atoms with Gasteiger partial charge in [0.05, 0.1) is 0 Å². The predicted octanol–water partition coefficient (Wildman–Crippen LogP) is 6.38. The van der Waals surface area contributed by atoms with Gasteiger partial charge < -0.3 is 0 Å². The van der Waals surface area contributed by atoms with Crippen LogP contribution in [-0.4, -0.2) is 0 Å². The molecule has 0 heterocycles. The Balaban J connectivity index is 1.97. The van der Waals surface area contributed by atoms with Crippen molar-refractivity contribution in [2.75, 3.05) is 0 Å². The van der Waals surface area contributed by atoms with Crippen molar-refractivity contribution in [1.29, 1.82) is 0 Å². The lowest BCUT2D eigenvalue weighted by Crippen LogP contribution is -2.14. The van der Waals surface area contributed by atoms with Gasteiger partial charge in [0, 0.05) is 10.9 Å². The molecule has 2 aromatic carbocycles. The topological polar surface area (TPSA) is 0 Å². The third-order valence-corrected chi connectivity index (χ3v) is 5.71. The fraction of sp³-hybridized carbons (Fsp3) is 0.273. The van der Waals surface area contributed by atoms with E-state index in [1.54, 1.807) is 0 Å². The summed E-state index contributed by atoms with van der Waals surface area (Å²) in [6.45, 7) is 4.23. The van der Waals surface area contributed by atoms with Crippen molar-refractivity contribution in [3.63, 3.8) is 0 Å². The lowest BCUT2D eigenvalue weighted by molar-refractivity contribution is 0.769. The van der Waals surface area contributed by atoms with Gasteiger partial charge in [-0.15, -0.1) is 0 Å².